The lowest BCUT2D eigenvalue weighted by Gasteiger charge is -2.25. The van der Waals surface area contributed by atoms with E-state index in [1.165, 1.54) is 25.0 Å². The van der Waals surface area contributed by atoms with Crippen LogP contribution in [0.5, 0.6) is 0 Å². The zero-order valence-corrected chi connectivity index (χ0v) is 18.1. The zero-order chi connectivity index (χ0) is 21.7. The van der Waals surface area contributed by atoms with Gasteiger partial charge in [0.05, 0.1) is 16.3 Å². The Balaban J connectivity index is 1.48. The molecule has 6 nitrogen and oxygen atoms in total. The molecule has 31 heavy (non-hydrogen) atoms. The molecule has 4 rings (SSSR count). The van der Waals surface area contributed by atoms with Crippen molar-refractivity contribution in [1.29, 1.82) is 0 Å². The van der Waals surface area contributed by atoms with E-state index in [9.17, 15) is 13.2 Å². The second-order valence-electron chi connectivity index (χ2n) is 7.71. The van der Waals surface area contributed by atoms with Crippen LogP contribution in [0.2, 0.25) is 0 Å². The molecule has 1 amide bonds. The van der Waals surface area contributed by atoms with Crippen LogP contribution in [-0.4, -0.2) is 27.4 Å². The monoisotopic (exact) mass is 438 g/mol. The van der Waals surface area contributed by atoms with Crippen LogP contribution in [0.4, 0.5) is 11.4 Å². The van der Waals surface area contributed by atoms with Gasteiger partial charge in [0.2, 0.25) is 0 Å². The summed E-state index contributed by atoms with van der Waals surface area (Å²) in [4.78, 5) is 15.3. The topological polar surface area (TPSA) is 79.6 Å². The number of nitrogens with one attached hydrogen (secondary N) is 1. The highest BCUT2D eigenvalue weighted by molar-refractivity contribution is 7.90. The lowest BCUT2D eigenvalue weighted by Crippen LogP contribution is -2.25. The summed E-state index contributed by atoms with van der Waals surface area (Å²) >= 11 is 0. The number of carbonyl (C=O) groups excluding carboxylic acids is 1. The van der Waals surface area contributed by atoms with E-state index in [0.717, 1.165) is 37.3 Å². The van der Waals surface area contributed by atoms with Crippen molar-refractivity contribution >= 4 is 27.1 Å². The number of hydrogen-bond donors (Lipinski definition) is 1. The van der Waals surface area contributed by atoms with Gasteiger partial charge in [-0.3, -0.25) is 4.79 Å². The minimum Gasteiger partial charge on any atom is -0.455 e. The summed E-state index contributed by atoms with van der Waals surface area (Å²) in [6.07, 6.45) is 4.73. The molecule has 2 aromatic carbocycles. The Morgan fingerprint density at radius 3 is 2.29 bits per heavy atom. The minimum atomic E-state index is -3.54. The molecule has 162 valence electrons. The molecule has 0 unspecified atom stereocenters. The lowest BCUT2D eigenvalue weighted by molar-refractivity contribution is 0.0995. The normalized spacial score (nSPS) is 14.8. The Kier molecular flexibility index (Phi) is 6.42. The van der Waals surface area contributed by atoms with Gasteiger partial charge in [0, 0.05) is 13.1 Å². The molecule has 0 aliphatic carbocycles. The highest BCUT2D eigenvalue weighted by Gasteiger charge is 2.20. The fraction of sp³-hybridized carbons (Fsp3) is 0.292. The highest BCUT2D eigenvalue weighted by Crippen LogP contribution is 2.28. The summed E-state index contributed by atoms with van der Waals surface area (Å²) < 4.78 is 30.7. The predicted molar refractivity (Wildman–Crippen MR) is 121 cm³/mol. The predicted octanol–water partition coefficient (Wildman–Crippen LogP) is 4.89. The molecular formula is C24H26N2O4S. The molecule has 1 saturated heterocycles. The number of carbonyl (C=O) groups is 1. The Morgan fingerprint density at radius 1 is 0.871 bits per heavy atom. The van der Waals surface area contributed by atoms with Crippen molar-refractivity contribution in [3.05, 3.63) is 78.3 Å². The third-order valence-electron chi connectivity index (χ3n) is 5.42. The Hall–Kier alpha value is -3.06. The van der Waals surface area contributed by atoms with Gasteiger partial charge in [-0.1, -0.05) is 43.2 Å². The third kappa shape index (κ3) is 5.17. The largest absolute Gasteiger partial charge is 0.455 e. The number of furan rings is 1. The molecule has 1 N–H and O–H groups in total. The minimum absolute atomic E-state index is 0.0870. The molecule has 1 fully saturated rings. The number of nitrogens with zero attached hydrogens (tertiary/aromatic N) is 1. The summed E-state index contributed by atoms with van der Waals surface area (Å²) in [6, 6.07) is 19.0. The molecule has 1 aliphatic rings. The van der Waals surface area contributed by atoms with Crippen molar-refractivity contribution in [2.75, 3.05) is 23.3 Å². The number of benzene rings is 2. The van der Waals surface area contributed by atoms with Crippen LogP contribution in [0.25, 0.3) is 0 Å². The van der Waals surface area contributed by atoms with Crippen LogP contribution in [0.3, 0.4) is 0 Å². The standard InChI is InChI=1S/C24H26N2O4S/c27-24(25-21-12-6-7-13-22(21)26-16-8-1-2-9-17-26)23-15-14-19(30-23)18-31(28,29)20-10-4-3-5-11-20/h3-7,10-15H,1-2,8-9,16-18H2,(H,25,27). The number of amides is 1. The van der Waals surface area contributed by atoms with Crippen molar-refractivity contribution in [1.82, 2.24) is 0 Å². The van der Waals surface area contributed by atoms with Gasteiger partial charge in [0.1, 0.15) is 11.5 Å². The molecule has 0 radical (unpaired) electrons. The molecule has 2 heterocycles. The number of rotatable bonds is 6. The van der Waals surface area contributed by atoms with Gasteiger partial charge in [0.25, 0.3) is 5.91 Å². The first kappa shape index (κ1) is 21.2. The van der Waals surface area contributed by atoms with E-state index >= 15 is 0 Å². The molecule has 3 aromatic rings. The van der Waals surface area contributed by atoms with Crippen molar-refractivity contribution < 1.29 is 17.6 Å². The first-order chi connectivity index (χ1) is 15.0. The van der Waals surface area contributed by atoms with Crippen LogP contribution in [-0.2, 0) is 15.6 Å². The molecular weight excluding hydrogens is 412 g/mol. The maximum absolute atomic E-state index is 12.8. The van der Waals surface area contributed by atoms with E-state index in [1.807, 2.05) is 24.3 Å². The first-order valence-electron chi connectivity index (χ1n) is 10.5. The smallest absolute Gasteiger partial charge is 0.291 e. The maximum Gasteiger partial charge on any atom is 0.291 e. The molecule has 1 aromatic heterocycles. The van der Waals surface area contributed by atoms with Crippen LogP contribution in [0.1, 0.15) is 42.0 Å². The SMILES string of the molecule is O=C(Nc1ccccc1N1CCCCCC1)c1ccc(CS(=O)(=O)c2ccccc2)o1. The fourth-order valence-electron chi connectivity index (χ4n) is 3.83. The second-order valence-corrected chi connectivity index (χ2v) is 9.70. The summed E-state index contributed by atoms with van der Waals surface area (Å²) in [5.74, 6) is -0.376. The van der Waals surface area contributed by atoms with E-state index in [0.29, 0.717) is 0 Å². The number of para-hydroxylation sites is 2. The average molecular weight is 439 g/mol. The molecule has 0 bridgehead atoms. The van der Waals surface area contributed by atoms with E-state index in [2.05, 4.69) is 10.2 Å². The maximum atomic E-state index is 12.8. The summed E-state index contributed by atoms with van der Waals surface area (Å²) in [5.41, 5.74) is 1.72. The van der Waals surface area contributed by atoms with E-state index in [1.54, 1.807) is 30.3 Å². The molecule has 0 spiro atoms. The van der Waals surface area contributed by atoms with Crippen LogP contribution >= 0.6 is 0 Å². The van der Waals surface area contributed by atoms with Gasteiger partial charge >= 0.3 is 0 Å². The van der Waals surface area contributed by atoms with Gasteiger partial charge in [-0.15, -0.1) is 0 Å². The van der Waals surface area contributed by atoms with Gasteiger partial charge in [-0.05, 0) is 49.2 Å². The quantitative estimate of drug-likeness (QED) is 0.593. The Labute approximate surface area is 182 Å². The summed E-state index contributed by atoms with van der Waals surface area (Å²) in [7, 11) is -3.54. The molecule has 0 saturated carbocycles. The van der Waals surface area contributed by atoms with Crippen molar-refractivity contribution in [2.45, 2.75) is 36.3 Å². The Bertz CT molecular complexity index is 1130. The van der Waals surface area contributed by atoms with Gasteiger partial charge in [-0.2, -0.15) is 0 Å². The van der Waals surface area contributed by atoms with E-state index < -0.39 is 15.7 Å². The zero-order valence-electron chi connectivity index (χ0n) is 17.3. The van der Waals surface area contributed by atoms with E-state index in [4.69, 9.17) is 4.42 Å². The van der Waals surface area contributed by atoms with Gasteiger partial charge in [-0.25, -0.2) is 8.42 Å². The summed E-state index contributed by atoms with van der Waals surface area (Å²) in [6.45, 7) is 1.93. The van der Waals surface area contributed by atoms with Crippen LogP contribution in [0.15, 0.2) is 76.0 Å². The highest BCUT2D eigenvalue weighted by atomic mass is 32.2. The van der Waals surface area contributed by atoms with Crippen molar-refractivity contribution in [3.63, 3.8) is 0 Å². The molecule has 0 atom stereocenters. The first-order valence-corrected chi connectivity index (χ1v) is 12.2. The molecule has 1 aliphatic heterocycles. The van der Waals surface area contributed by atoms with Crippen LogP contribution in [0, 0.1) is 0 Å². The van der Waals surface area contributed by atoms with Gasteiger partial charge < -0.3 is 14.6 Å². The lowest BCUT2D eigenvalue weighted by atomic mass is 10.2. The van der Waals surface area contributed by atoms with Crippen molar-refractivity contribution in [3.8, 4) is 0 Å². The second kappa shape index (κ2) is 9.39. The van der Waals surface area contributed by atoms with Crippen LogP contribution < -0.4 is 10.2 Å². The van der Waals surface area contributed by atoms with E-state index in [-0.39, 0.29) is 22.2 Å². The molecule has 7 heteroatoms. The number of sulfone groups is 1. The van der Waals surface area contributed by atoms with Crippen molar-refractivity contribution in [2.24, 2.45) is 0 Å². The third-order valence-corrected chi connectivity index (χ3v) is 7.07. The number of hydrogen-bond acceptors (Lipinski definition) is 5. The Morgan fingerprint density at radius 2 is 1.55 bits per heavy atom. The number of anilines is 2. The van der Waals surface area contributed by atoms with Gasteiger partial charge in [0.15, 0.2) is 15.6 Å². The average Bonchev–Trinajstić information content (AvgIpc) is 3.06. The summed E-state index contributed by atoms with van der Waals surface area (Å²) in [5, 5.41) is 2.93. The fourth-order valence-corrected chi connectivity index (χ4v) is 5.09.